The molecule has 17 heavy (non-hydrogen) atoms. The molecule has 1 aliphatic heterocycles. The van der Waals surface area contributed by atoms with Crippen LogP contribution >= 0.6 is 0 Å². The van der Waals surface area contributed by atoms with Crippen molar-refractivity contribution in [3.8, 4) is 0 Å². The van der Waals surface area contributed by atoms with Crippen LogP contribution in [-0.2, 0) is 14.4 Å². The van der Waals surface area contributed by atoms with Gasteiger partial charge in [0.25, 0.3) is 5.91 Å². The molecule has 3 N–H and O–H groups in total. The first kappa shape index (κ1) is 13.6. The Morgan fingerprint density at radius 3 is 2.76 bits per heavy atom. The molecule has 0 spiro atoms. The summed E-state index contributed by atoms with van der Waals surface area (Å²) in [4.78, 5) is 33.6. The molecule has 1 aliphatic rings. The summed E-state index contributed by atoms with van der Waals surface area (Å²) >= 11 is 0. The smallest absolute Gasteiger partial charge is 0.264 e. The number of imide groups is 1. The highest BCUT2D eigenvalue weighted by atomic mass is 16.2. The second kappa shape index (κ2) is 7.01. The number of carbonyl (C=O) groups excluding carboxylic acids is 3. The lowest BCUT2D eigenvalue weighted by Crippen LogP contribution is -2.62. The molecule has 0 unspecified atom stereocenters. The van der Waals surface area contributed by atoms with Gasteiger partial charge in [-0.15, -0.1) is 0 Å². The normalized spacial score (nSPS) is 19.9. The summed E-state index contributed by atoms with van der Waals surface area (Å²) < 4.78 is 0. The van der Waals surface area contributed by atoms with Crippen LogP contribution in [-0.4, -0.2) is 30.4 Å². The van der Waals surface area contributed by atoms with Gasteiger partial charge >= 0.3 is 0 Å². The zero-order chi connectivity index (χ0) is 12.7. The Labute approximate surface area is 101 Å². The van der Waals surface area contributed by atoms with E-state index in [0.29, 0.717) is 6.42 Å². The van der Waals surface area contributed by atoms with Crippen LogP contribution in [0.25, 0.3) is 0 Å². The third-order valence-electron chi connectivity index (χ3n) is 2.55. The molecule has 0 aromatic rings. The summed E-state index contributed by atoms with van der Waals surface area (Å²) in [6, 6.07) is 0. The second-order valence-corrected chi connectivity index (χ2v) is 4.10. The molecule has 0 aromatic carbocycles. The second-order valence-electron chi connectivity index (χ2n) is 4.10. The number of unbranched alkanes of at least 4 members (excludes halogenated alkanes) is 3. The number of amides is 3. The highest BCUT2D eigenvalue weighted by Crippen LogP contribution is 2.02. The van der Waals surface area contributed by atoms with Gasteiger partial charge in [0.2, 0.25) is 11.8 Å². The predicted molar refractivity (Wildman–Crippen MR) is 61.8 cm³/mol. The van der Waals surface area contributed by atoms with Crippen molar-refractivity contribution in [2.24, 2.45) is 0 Å². The van der Waals surface area contributed by atoms with Crippen molar-refractivity contribution in [1.29, 1.82) is 0 Å². The van der Waals surface area contributed by atoms with Gasteiger partial charge in [0.1, 0.15) is 0 Å². The van der Waals surface area contributed by atoms with E-state index in [4.69, 9.17) is 0 Å². The topological polar surface area (TPSA) is 87.3 Å². The Morgan fingerprint density at radius 1 is 1.35 bits per heavy atom. The highest BCUT2D eigenvalue weighted by Gasteiger charge is 2.26. The van der Waals surface area contributed by atoms with Gasteiger partial charge in [0.05, 0.1) is 6.54 Å². The minimum absolute atomic E-state index is 0.0481. The van der Waals surface area contributed by atoms with Crippen LogP contribution in [0.15, 0.2) is 0 Å². The van der Waals surface area contributed by atoms with Crippen LogP contribution in [0.5, 0.6) is 0 Å². The van der Waals surface area contributed by atoms with Gasteiger partial charge in [-0.2, -0.15) is 0 Å². The van der Waals surface area contributed by atoms with Gasteiger partial charge in [0.15, 0.2) is 6.17 Å². The SMILES string of the molecule is CCCCCCC(=O)N[C@@H]1NCC(=O)NC1=O. The Hall–Kier alpha value is -1.43. The maximum Gasteiger partial charge on any atom is 0.264 e. The molecule has 96 valence electrons. The van der Waals surface area contributed by atoms with Crippen molar-refractivity contribution in [3.63, 3.8) is 0 Å². The number of carbonyl (C=O) groups is 3. The lowest BCUT2D eigenvalue weighted by molar-refractivity contribution is -0.137. The third kappa shape index (κ3) is 4.95. The van der Waals surface area contributed by atoms with E-state index >= 15 is 0 Å². The standard InChI is InChI=1S/C11H19N3O3/c1-2-3-4-5-6-8(15)13-10-11(17)14-9(16)7-12-10/h10,12H,2-7H2,1H3,(H,13,15)(H,14,16,17)/t10-/m0/s1. The van der Waals surface area contributed by atoms with Gasteiger partial charge in [-0.05, 0) is 6.42 Å². The Bertz CT molecular complexity index is 304. The highest BCUT2D eigenvalue weighted by molar-refractivity contribution is 6.02. The summed E-state index contributed by atoms with van der Waals surface area (Å²) in [6.07, 6.45) is 3.71. The van der Waals surface area contributed by atoms with E-state index in [2.05, 4.69) is 22.9 Å². The molecule has 0 aliphatic carbocycles. The molecule has 0 bridgehead atoms. The van der Waals surface area contributed by atoms with Gasteiger partial charge in [-0.25, -0.2) is 0 Å². The number of nitrogens with one attached hydrogen (secondary N) is 3. The predicted octanol–water partition coefficient (Wildman–Crippen LogP) is -0.355. The molecule has 1 rings (SSSR count). The average Bonchev–Trinajstić information content (AvgIpc) is 2.28. The first-order chi connectivity index (χ1) is 8.13. The maximum atomic E-state index is 11.5. The minimum Gasteiger partial charge on any atom is -0.332 e. The molecule has 6 nitrogen and oxygen atoms in total. The van der Waals surface area contributed by atoms with Crippen molar-refractivity contribution < 1.29 is 14.4 Å². The summed E-state index contributed by atoms with van der Waals surface area (Å²) in [7, 11) is 0. The van der Waals surface area contributed by atoms with Crippen LogP contribution < -0.4 is 16.0 Å². The molecule has 0 radical (unpaired) electrons. The van der Waals surface area contributed by atoms with E-state index in [1.54, 1.807) is 0 Å². The van der Waals surface area contributed by atoms with Crippen molar-refractivity contribution in [2.45, 2.75) is 45.2 Å². The molecule has 1 saturated heterocycles. The van der Waals surface area contributed by atoms with Crippen molar-refractivity contribution in [1.82, 2.24) is 16.0 Å². The van der Waals surface area contributed by atoms with Crippen LogP contribution in [0.1, 0.15) is 39.0 Å². The molecule has 6 heteroatoms. The Balaban J connectivity index is 2.21. The number of rotatable bonds is 6. The molecule has 3 amide bonds. The fourth-order valence-corrected chi connectivity index (χ4v) is 1.60. The van der Waals surface area contributed by atoms with Crippen LogP contribution in [0.2, 0.25) is 0 Å². The third-order valence-corrected chi connectivity index (χ3v) is 2.55. The number of hydrogen-bond acceptors (Lipinski definition) is 4. The van der Waals surface area contributed by atoms with Crippen molar-refractivity contribution >= 4 is 17.7 Å². The molecule has 1 heterocycles. The summed E-state index contributed by atoms with van der Waals surface area (Å²) in [5, 5.41) is 7.37. The summed E-state index contributed by atoms with van der Waals surface area (Å²) in [5.74, 6) is -1.03. The molecule has 1 atom stereocenters. The average molecular weight is 241 g/mol. The largest absolute Gasteiger partial charge is 0.332 e. The summed E-state index contributed by atoms with van der Waals surface area (Å²) in [6.45, 7) is 2.15. The molecule has 1 fully saturated rings. The number of hydrogen-bond donors (Lipinski definition) is 3. The van der Waals surface area contributed by atoms with Gasteiger partial charge in [-0.1, -0.05) is 26.2 Å². The van der Waals surface area contributed by atoms with Crippen molar-refractivity contribution in [3.05, 3.63) is 0 Å². The van der Waals surface area contributed by atoms with E-state index in [1.807, 2.05) is 0 Å². The Kier molecular flexibility index (Phi) is 5.62. The molecule has 0 aromatic heterocycles. The van der Waals surface area contributed by atoms with Crippen LogP contribution in [0.4, 0.5) is 0 Å². The Morgan fingerprint density at radius 2 is 2.12 bits per heavy atom. The first-order valence-electron chi connectivity index (χ1n) is 6.00. The quantitative estimate of drug-likeness (QED) is 0.438. The van der Waals surface area contributed by atoms with Crippen molar-refractivity contribution in [2.75, 3.05) is 6.54 Å². The lowest BCUT2D eigenvalue weighted by Gasteiger charge is -2.23. The molecular formula is C11H19N3O3. The van der Waals surface area contributed by atoms with Gasteiger partial charge in [-0.3, -0.25) is 25.0 Å². The zero-order valence-corrected chi connectivity index (χ0v) is 10.0. The van der Waals surface area contributed by atoms with Crippen LogP contribution in [0, 0.1) is 0 Å². The van der Waals surface area contributed by atoms with E-state index in [1.165, 1.54) is 0 Å². The van der Waals surface area contributed by atoms with Crippen LogP contribution in [0.3, 0.4) is 0 Å². The fraction of sp³-hybridized carbons (Fsp3) is 0.727. The monoisotopic (exact) mass is 241 g/mol. The van der Waals surface area contributed by atoms with E-state index < -0.39 is 12.1 Å². The van der Waals surface area contributed by atoms with E-state index in [-0.39, 0.29) is 18.4 Å². The summed E-state index contributed by atoms with van der Waals surface area (Å²) in [5.41, 5.74) is 0. The van der Waals surface area contributed by atoms with E-state index in [0.717, 1.165) is 25.7 Å². The fourth-order valence-electron chi connectivity index (χ4n) is 1.60. The minimum atomic E-state index is -0.786. The molecule has 0 saturated carbocycles. The zero-order valence-electron chi connectivity index (χ0n) is 10.0. The van der Waals surface area contributed by atoms with Gasteiger partial charge in [0, 0.05) is 6.42 Å². The number of piperazine rings is 1. The van der Waals surface area contributed by atoms with Gasteiger partial charge < -0.3 is 5.32 Å². The lowest BCUT2D eigenvalue weighted by atomic mass is 10.1. The molecular weight excluding hydrogens is 222 g/mol. The first-order valence-corrected chi connectivity index (χ1v) is 6.00. The maximum absolute atomic E-state index is 11.5. The van der Waals surface area contributed by atoms with E-state index in [9.17, 15) is 14.4 Å².